The van der Waals surface area contributed by atoms with Crippen LogP contribution >= 0.6 is 0 Å². The third-order valence-electron chi connectivity index (χ3n) is 4.71. The topological polar surface area (TPSA) is 0 Å². The van der Waals surface area contributed by atoms with E-state index in [0.29, 0.717) is 0 Å². The maximum atomic E-state index is 2.52. The molecule has 0 radical (unpaired) electrons. The predicted molar refractivity (Wildman–Crippen MR) is 77.5 cm³/mol. The Morgan fingerprint density at radius 1 is 0.938 bits per heavy atom. The number of hydrogen-bond donors (Lipinski definition) is 0. The Morgan fingerprint density at radius 3 is 1.88 bits per heavy atom. The molecule has 0 aliphatic heterocycles. The summed E-state index contributed by atoms with van der Waals surface area (Å²) in [5.41, 5.74) is 3.44. The van der Waals surface area contributed by atoms with E-state index in [1.165, 1.54) is 35.0 Å². The summed E-state index contributed by atoms with van der Waals surface area (Å²) >= 11 is -1.65. The van der Waals surface area contributed by atoms with Crippen molar-refractivity contribution in [1.29, 1.82) is 0 Å². The first kappa shape index (κ1) is 14.1. The first-order valence-corrected chi connectivity index (χ1v) is 12.6. The number of rotatable bonds is 6. The molecule has 0 aromatic rings. The van der Waals surface area contributed by atoms with Crippen LogP contribution in [0.1, 0.15) is 53.9 Å². The fourth-order valence-electron chi connectivity index (χ4n) is 3.39. The molecular weight excluding hydrogens is 253 g/mol. The molecule has 0 heterocycles. The van der Waals surface area contributed by atoms with E-state index in [2.05, 4.69) is 40.7 Å². The first-order valence-electron chi connectivity index (χ1n) is 7.10. The molecular formula is C15H28Ge. The van der Waals surface area contributed by atoms with Gasteiger partial charge in [0, 0.05) is 0 Å². The molecule has 0 fully saturated rings. The van der Waals surface area contributed by atoms with Gasteiger partial charge in [-0.2, -0.15) is 0 Å². The Hall–Kier alpha value is 0.0229. The third kappa shape index (κ3) is 2.32. The summed E-state index contributed by atoms with van der Waals surface area (Å²) in [5.74, 6) is 0. The van der Waals surface area contributed by atoms with Gasteiger partial charge in [-0.15, -0.1) is 0 Å². The normalized spacial score (nSPS) is 16.9. The molecule has 1 aliphatic rings. The van der Waals surface area contributed by atoms with E-state index >= 15 is 0 Å². The molecule has 0 spiro atoms. The van der Waals surface area contributed by atoms with Crippen LogP contribution in [0, 0.1) is 0 Å². The van der Waals surface area contributed by atoms with Gasteiger partial charge in [-0.25, -0.2) is 0 Å². The van der Waals surface area contributed by atoms with Gasteiger partial charge in [-0.1, -0.05) is 0 Å². The SMILES string of the molecule is CCC1=CC[C]([Ge]([CH2]C)([CH2]C)[CH2]C)=C1CC. The fourth-order valence-corrected chi connectivity index (χ4v) is 12.4. The Morgan fingerprint density at radius 2 is 1.50 bits per heavy atom. The van der Waals surface area contributed by atoms with Gasteiger partial charge in [0.25, 0.3) is 0 Å². The van der Waals surface area contributed by atoms with E-state index < -0.39 is 13.3 Å². The second-order valence-electron chi connectivity index (χ2n) is 4.94. The van der Waals surface area contributed by atoms with Gasteiger partial charge in [-0.3, -0.25) is 0 Å². The Balaban J connectivity index is 3.12. The van der Waals surface area contributed by atoms with Crippen molar-refractivity contribution in [3.8, 4) is 0 Å². The molecule has 1 aliphatic carbocycles. The van der Waals surface area contributed by atoms with Gasteiger partial charge < -0.3 is 0 Å². The zero-order valence-corrected chi connectivity index (χ0v) is 13.9. The molecule has 0 aromatic heterocycles. The van der Waals surface area contributed by atoms with E-state index in [1.54, 1.807) is 11.1 Å². The first-order chi connectivity index (χ1) is 7.68. The standard InChI is InChI=1S/C15H28Ge/c1-6-13-11-12-15(14(13)7-2)16(8-3,9-4)10-5/h11H,6-10,12H2,1-5H3. The molecule has 1 rings (SSSR count). The van der Waals surface area contributed by atoms with Crippen LogP contribution < -0.4 is 0 Å². The van der Waals surface area contributed by atoms with Crippen molar-refractivity contribution < 1.29 is 0 Å². The summed E-state index contributed by atoms with van der Waals surface area (Å²) in [4.78, 5) is 0. The molecule has 1 heteroatoms. The number of hydrogen-bond acceptors (Lipinski definition) is 0. The summed E-state index contributed by atoms with van der Waals surface area (Å²) in [6.07, 6.45) is 6.33. The monoisotopic (exact) mass is 282 g/mol. The second kappa shape index (κ2) is 6.09. The van der Waals surface area contributed by atoms with Crippen molar-refractivity contribution >= 4 is 13.3 Å². The van der Waals surface area contributed by atoms with Crippen molar-refractivity contribution in [1.82, 2.24) is 0 Å². The van der Waals surface area contributed by atoms with E-state index in [9.17, 15) is 0 Å². The van der Waals surface area contributed by atoms with Crippen molar-refractivity contribution in [2.24, 2.45) is 0 Å². The minimum atomic E-state index is -1.65. The molecule has 0 amide bonds. The summed E-state index contributed by atoms with van der Waals surface area (Å²) in [6.45, 7) is 12.0. The minimum absolute atomic E-state index is 1.24. The molecule has 16 heavy (non-hydrogen) atoms. The van der Waals surface area contributed by atoms with E-state index in [4.69, 9.17) is 0 Å². The molecule has 0 nitrogen and oxygen atoms in total. The average molecular weight is 281 g/mol. The zero-order valence-electron chi connectivity index (χ0n) is 11.8. The second-order valence-corrected chi connectivity index (χ2v) is 16.0. The van der Waals surface area contributed by atoms with Gasteiger partial charge in [0.2, 0.25) is 0 Å². The van der Waals surface area contributed by atoms with Gasteiger partial charge in [-0.05, 0) is 0 Å². The Labute approximate surface area is 105 Å². The van der Waals surface area contributed by atoms with Crippen LogP contribution in [0.2, 0.25) is 15.8 Å². The average Bonchev–Trinajstić information content (AvgIpc) is 2.75. The van der Waals surface area contributed by atoms with E-state index in [1.807, 2.05) is 4.41 Å². The summed E-state index contributed by atoms with van der Waals surface area (Å²) in [6, 6.07) is 0. The van der Waals surface area contributed by atoms with Gasteiger partial charge >= 0.3 is 105 Å². The maximum absolute atomic E-state index is 2.52. The van der Waals surface area contributed by atoms with Crippen molar-refractivity contribution in [2.45, 2.75) is 69.6 Å². The van der Waals surface area contributed by atoms with Gasteiger partial charge in [0.1, 0.15) is 0 Å². The van der Waals surface area contributed by atoms with Crippen LogP contribution in [0.4, 0.5) is 0 Å². The molecule has 0 saturated heterocycles. The molecule has 0 saturated carbocycles. The van der Waals surface area contributed by atoms with Crippen LogP contribution in [0.25, 0.3) is 0 Å². The summed E-state index contributed by atoms with van der Waals surface area (Å²) in [5, 5.41) is 4.45. The molecule has 0 aromatic carbocycles. The van der Waals surface area contributed by atoms with Crippen molar-refractivity contribution in [2.75, 3.05) is 0 Å². The van der Waals surface area contributed by atoms with E-state index in [-0.39, 0.29) is 0 Å². The fraction of sp³-hybridized carbons (Fsp3) is 0.733. The zero-order chi connectivity index (χ0) is 12.2. The summed E-state index contributed by atoms with van der Waals surface area (Å²) in [7, 11) is 0. The van der Waals surface area contributed by atoms with Crippen LogP contribution in [-0.2, 0) is 0 Å². The third-order valence-corrected chi connectivity index (χ3v) is 17.0. The van der Waals surface area contributed by atoms with Crippen molar-refractivity contribution in [3.05, 3.63) is 21.6 Å². The van der Waals surface area contributed by atoms with Crippen LogP contribution in [0.15, 0.2) is 21.6 Å². The molecule has 0 bridgehead atoms. The van der Waals surface area contributed by atoms with Crippen LogP contribution in [0.5, 0.6) is 0 Å². The van der Waals surface area contributed by atoms with Gasteiger partial charge in [0.15, 0.2) is 0 Å². The Kier molecular flexibility index (Phi) is 5.36. The van der Waals surface area contributed by atoms with Crippen LogP contribution in [-0.4, -0.2) is 13.3 Å². The molecule has 92 valence electrons. The number of allylic oxidation sites excluding steroid dienone is 4. The van der Waals surface area contributed by atoms with Crippen LogP contribution in [0.3, 0.4) is 0 Å². The molecule has 0 unspecified atom stereocenters. The molecule has 0 atom stereocenters. The molecule has 0 N–H and O–H groups in total. The predicted octanol–water partition coefficient (Wildman–Crippen LogP) is 5.48. The van der Waals surface area contributed by atoms with Crippen molar-refractivity contribution in [3.63, 3.8) is 0 Å². The summed E-state index contributed by atoms with van der Waals surface area (Å²) < 4.78 is 1.95. The van der Waals surface area contributed by atoms with E-state index in [0.717, 1.165) is 0 Å². The Bertz CT molecular complexity index is 284. The quantitative estimate of drug-likeness (QED) is 0.565. The van der Waals surface area contributed by atoms with Gasteiger partial charge in [0.05, 0.1) is 0 Å².